The van der Waals surface area contributed by atoms with E-state index < -0.39 is 0 Å². The lowest BCUT2D eigenvalue weighted by molar-refractivity contribution is 0.367. The van der Waals surface area contributed by atoms with Crippen LogP contribution in [0.5, 0.6) is 0 Å². The van der Waals surface area contributed by atoms with Crippen LogP contribution in [0.1, 0.15) is 13.8 Å². The van der Waals surface area contributed by atoms with E-state index in [2.05, 4.69) is 44.5 Å². The van der Waals surface area contributed by atoms with Crippen LogP contribution in [0.2, 0.25) is 5.28 Å². The third kappa shape index (κ3) is 5.14. The van der Waals surface area contributed by atoms with E-state index in [9.17, 15) is 0 Å². The molecule has 0 radical (unpaired) electrons. The van der Waals surface area contributed by atoms with Crippen molar-refractivity contribution in [1.82, 2.24) is 19.9 Å². The molecule has 0 aliphatic rings. The lowest BCUT2D eigenvalue weighted by Crippen LogP contribution is -2.25. The largest absolute Gasteiger partial charge is 0.354 e. The molecule has 0 unspecified atom stereocenters. The number of hydrogen-bond acceptors (Lipinski definition) is 6. The summed E-state index contributed by atoms with van der Waals surface area (Å²) in [6.45, 7) is 7.55. The Hall–Kier alpha value is -1.14. The maximum absolute atomic E-state index is 5.80. The van der Waals surface area contributed by atoms with Gasteiger partial charge >= 0.3 is 0 Å². The lowest BCUT2D eigenvalue weighted by Gasteiger charge is -2.14. The predicted octanol–water partition coefficient (Wildman–Crippen LogP) is 1.32. The summed E-state index contributed by atoms with van der Waals surface area (Å²) in [6, 6.07) is 0. The molecule has 1 aromatic heterocycles. The molecular weight excluding hydrogens is 240 g/mol. The Morgan fingerprint density at radius 1 is 1.12 bits per heavy atom. The number of hydrogen-bond donors (Lipinski definition) is 2. The van der Waals surface area contributed by atoms with Gasteiger partial charge in [-0.3, -0.25) is 0 Å². The fraction of sp³-hybridized carbons (Fsp3) is 0.700. The summed E-state index contributed by atoms with van der Waals surface area (Å²) in [5.41, 5.74) is 0. The van der Waals surface area contributed by atoms with Crippen molar-refractivity contribution >= 4 is 23.5 Å². The molecule has 0 aromatic carbocycles. The summed E-state index contributed by atoms with van der Waals surface area (Å²) in [4.78, 5) is 14.4. The third-order valence-corrected chi connectivity index (χ3v) is 2.43. The number of anilines is 2. The minimum Gasteiger partial charge on any atom is -0.354 e. The van der Waals surface area contributed by atoms with E-state index >= 15 is 0 Å². The van der Waals surface area contributed by atoms with E-state index in [-0.39, 0.29) is 5.28 Å². The van der Waals surface area contributed by atoms with Gasteiger partial charge in [0.05, 0.1) is 0 Å². The summed E-state index contributed by atoms with van der Waals surface area (Å²) in [5.74, 6) is 1.00. The second kappa shape index (κ2) is 7.24. The number of likely N-dealkylation sites (N-methyl/N-ethyl adjacent to an activating group) is 1. The van der Waals surface area contributed by atoms with E-state index in [4.69, 9.17) is 11.6 Å². The molecule has 0 bridgehead atoms. The summed E-state index contributed by atoms with van der Waals surface area (Å²) in [6.07, 6.45) is 0. The number of nitrogens with zero attached hydrogens (tertiary/aromatic N) is 4. The van der Waals surface area contributed by atoms with Gasteiger partial charge in [-0.15, -0.1) is 0 Å². The van der Waals surface area contributed by atoms with Crippen LogP contribution in [-0.4, -0.2) is 53.1 Å². The van der Waals surface area contributed by atoms with Crippen LogP contribution in [0.15, 0.2) is 0 Å². The quantitative estimate of drug-likeness (QED) is 0.769. The van der Waals surface area contributed by atoms with Gasteiger partial charge in [0.15, 0.2) is 0 Å². The molecule has 0 spiro atoms. The molecule has 0 saturated heterocycles. The predicted molar refractivity (Wildman–Crippen MR) is 70.7 cm³/mol. The molecule has 0 saturated carbocycles. The van der Waals surface area contributed by atoms with E-state index in [0.717, 1.165) is 26.2 Å². The average molecular weight is 259 g/mol. The highest BCUT2D eigenvalue weighted by molar-refractivity contribution is 6.28. The van der Waals surface area contributed by atoms with Crippen LogP contribution in [-0.2, 0) is 0 Å². The van der Waals surface area contributed by atoms with Gasteiger partial charge in [0.25, 0.3) is 0 Å². The number of rotatable bonds is 7. The van der Waals surface area contributed by atoms with Crippen molar-refractivity contribution in [2.75, 3.05) is 43.9 Å². The number of halogens is 1. The van der Waals surface area contributed by atoms with E-state index in [0.29, 0.717) is 11.9 Å². The Labute approximate surface area is 107 Å². The maximum Gasteiger partial charge on any atom is 0.228 e. The Bertz CT molecular complexity index is 346. The smallest absolute Gasteiger partial charge is 0.228 e. The summed E-state index contributed by atoms with van der Waals surface area (Å²) in [5, 5.41) is 6.32. The Kier molecular flexibility index (Phi) is 5.93. The molecule has 0 atom stereocenters. The molecule has 0 fully saturated rings. The average Bonchev–Trinajstić information content (AvgIpc) is 2.28. The number of aromatic nitrogens is 3. The fourth-order valence-corrected chi connectivity index (χ4v) is 1.34. The molecule has 0 aliphatic heterocycles. The highest BCUT2D eigenvalue weighted by Gasteiger charge is 2.03. The first-order valence-corrected chi connectivity index (χ1v) is 6.11. The fourth-order valence-electron chi connectivity index (χ4n) is 1.18. The van der Waals surface area contributed by atoms with Gasteiger partial charge in [-0.05, 0) is 32.1 Å². The van der Waals surface area contributed by atoms with Gasteiger partial charge in [0.2, 0.25) is 17.2 Å². The molecule has 0 aliphatic carbocycles. The monoisotopic (exact) mass is 258 g/mol. The van der Waals surface area contributed by atoms with Crippen molar-refractivity contribution < 1.29 is 0 Å². The molecule has 96 valence electrons. The zero-order valence-corrected chi connectivity index (χ0v) is 11.3. The first-order valence-electron chi connectivity index (χ1n) is 5.73. The zero-order valence-electron chi connectivity index (χ0n) is 10.5. The Morgan fingerprint density at radius 3 is 2.35 bits per heavy atom. The Balaban J connectivity index is 2.52. The molecule has 17 heavy (non-hydrogen) atoms. The SMILES string of the molecule is CCNc1nc(Cl)nc(NCCN(C)CC)n1. The molecule has 1 aromatic rings. The van der Waals surface area contributed by atoms with Crippen molar-refractivity contribution in [1.29, 1.82) is 0 Å². The summed E-state index contributed by atoms with van der Waals surface area (Å²) in [7, 11) is 2.06. The Morgan fingerprint density at radius 2 is 1.76 bits per heavy atom. The minimum absolute atomic E-state index is 0.197. The van der Waals surface area contributed by atoms with Crippen molar-refractivity contribution in [3.63, 3.8) is 0 Å². The third-order valence-electron chi connectivity index (χ3n) is 2.26. The van der Waals surface area contributed by atoms with E-state index in [1.165, 1.54) is 0 Å². The summed E-state index contributed by atoms with van der Waals surface area (Å²) < 4.78 is 0. The molecule has 2 N–H and O–H groups in total. The molecule has 7 heteroatoms. The van der Waals surface area contributed by atoms with Crippen molar-refractivity contribution in [3.05, 3.63) is 5.28 Å². The number of nitrogens with one attached hydrogen (secondary N) is 2. The van der Waals surface area contributed by atoms with Crippen LogP contribution in [0.3, 0.4) is 0 Å². The molecular formula is C10H19ClN6. The van der Waals surface area contributed by atoms with Crippen molar-refractivity contribution in [2.24, 2.45) is 0 Å². The van der Waals surface area contributed by atoms with Gasteiger partial charge in [-0.2, -0.15) is 15.0 Å². The first kappa shape index (κ1) is 13.9. The van der Waals surface area contributed by atoms with Gasteiger partial charge in [-0.25, -0.2) is 0 Å². The molecule has 6 nitrogen and oxygen atoms in total. The van der Waals surface area contributed by atoms with Gasteiger partial charge < -0.3 is 15.5 Å². The van der Waals surface area contributed by atoms with Gasteiger partial charge in [-0.1, -0.05) is 6.92 Å². The normalized spacial score (nSPS) is 10.6. The minimum atomic E-state index is 0.197. The highest BCUT2D eigenvalue weighted by Crippen LogP contribution is 2.08. The van der Waals surface area contributed by atoms with Crippen LogP contribution in [0, 0.1) is 0 Å². The van der Waals surface area contributed by atoms with Crippen molar-refractivity contribution in [2.45, 2.75) is 13.8 Å². The van der Waals surface area contributed by atoms with Crippen molar-refractivity contribution in [3.8, 4) is 0 Å². The van der Waals surface area contributed by atoms with Crippen LogP contribution in [0.25, 0.3) is 0 Å². The molecule has 1 rings (SSSR count). The van der Waals surface area contributed by atoms with Crippen LogP contribution in [0.4, 0.5) is 11.9 Å². The van der Waals surface area contributed by atoms with Gasteiger partial charge in [0.1, 0.15) is 0 Å². The lowest BCUT2D eigenvalue weighted by atomic mass is 10.5. The topological polar surface area (TPSA) is 66.0 Å². The van der Waals surface area contributed by atoms with Crippen LogP contribution >= 0.6 is 11.6 Å². The summed E-state index contributed by atoms with van der Waals surface area (Å²) >= 11 is 5.80. The second-order valence-electron chi connectivity index (χ2n) is 3.60. The zero-order chi connectivity index (χ0) is 12.7. The maximum atomic E-state index is 5.80. The second-order valence-corrected chi connectivity index (χ2v) is 3.94. The molecule has 1 heterocycles. The van der Waals surface area contributed by atoms with Crippen LogP contribution < -0.4 is 10.6 Å². The van der Waals surface area contributed by atoms with E-state index in [1.54, 1.807) is 0 Å². The van der Waals surface area contributed by atoms with E-state index in [1.807, 2.05) is 6.92 Å². The first-order chi connectivity index (χ1) is 8.15. The van der Waals surface area contributed by atoms with Gasteiger partial charge in [0, 0.05) is 19.6 Å². The molecule has 0 amide bonds. The standard InChI is InChI=1S/C10H19ClN6/c1-4-12-9-14-8(11)15-10(16-9)13-6-7-17(3)5-2/h4-7H2,1-3H3,(H2,12,13,14,15,16). The highest BCUT2D eigenvalue weighted by atomic mass is 35.5.